The Labute approximate surface area is 132 Å². The van der Waals surface area contributed by atoms with Crippen LogP contribution in [0.4, 0.5) is 0 Å². The van der Waals surface area contributed by atoms with E-state index in [0.29, 0.717) is 0 Å². The van der Waals surface area contributed by atoms with E-state index in [1.807, 2.05) is 24.3 Å². The fourth-order valence-electron chi connectivity index (χ4n) is 1.64. The molecule has 0 atom stereocenters. The summed E-state index contributed by atoms with van der Waals surface area (Å²) in [6.07, 6.45) is 6.28. The largest absolute Gasteiger partial charge is 0.494 e. The quantitative estimate of drug-likeness (QED) is 0.376. The van der Waals surface area contributed by atoms with Crippen molar-refractivity contribution in [3.05, 3.63) is 29.8 Å². The molecule has 0 aliphatic rings. The third-order valence-corrected chi connectivity index (χ3v) is 3.83. The molecular weight excluding hydrogens is 379 g/mol. The van der Waals surface area contributed by atoms with E-state index in [0.717, 1.165) is 24.3 Å². The maximum absolute atomic E-state index is 6.08. The molecule has 0 spiro atoms. The van der Waals surface area contributed by atoms with Crippen LogP contribution in [-0.2, 0) is 2.69 Å². The predicted octanol–water partition coefficient (Wildman–Crippen LogP) is 6.17. The third-order valence-electron chi connectivity index (χ3n) is 2.70. The van der Waals surface area contributed by atoms with E-state index in [-0.39, 0.29) is 0 Å². The number of benzene rings is 1. The Morgan fingerprint density at radius 2 is 1.67 bits per heavy atom. The van der Waals surface area contributed by atoms with E-state index in [1.54, 1.807) is 0 Å². The molecule has 4 heteroatoms. The summed E-state index contributed by atoms with van der Waals surface area (Å²) in [4.78, 5) is 0. The van der Waals surface area contributed by atoms with Crippen molar-refractivity contribution in [3.8, 4) is 5.75 Å². The Kier molecular flexibility index (Phi) is 7.66. The van der Waals surface area contributed by atoms with Gasteiger partial charge in [0.1, 0.15) is 5.75 Å². The maximum Gasteiger partial charge on any atom is 0.178 e. The van der Waals surface area contributed by atoms with Gasteiger partial charge in [-0.05, 0) is 56.0 Å². The van der Waals surface area contributed by atoms with Gasteiger partial charge in [0.25, 0.3) is 0 Å². The molecule has 0 aromatic heterocycles. The summed E-state index contributed by atoms with van der Waals surface area (Å²) in [5.74, 6) is 0.898. The Morgan fingerprint density at radius 3 is 2.22 bits per heavy atom. The summed E-state index contributed by atoms with van der Waals surface area (Å²) in [5.41, 5.74) is 0.958. The first-order chi connectivity index (χ1) is 8.54. The number of rotatable bonds is 8. The molecule has 0 heterocycles. The van der Waals surface area contributed by atoms with E-state index in [4.69, 9.17) is 16.3 Å². The highest BCUT2D eigenvalue weighted by Gasteiger charge is 2.20. The summed E-state index contributed by atoms with van der Waals surface area (Å²) >= 11 is 12.8. The van der Waals surface area contributed by atoms with Gasteiger partial charge in [-0.3, -0.25) is 0 Å². The number of hydrogen-bond donors (Lipinski definition) is 0. The molecular formula is C14H19Br2ClO. The predicted molar refractivity (Wildman–Crippen MR) is 86.1 cm³/mol. The molecule has 0 saturated carbocycles. The van der Waals surface area contributed by atoms with Gasteiger partial charge in [0, 0.05) is 0 Å². The Bertz CT molecular complexity index is 333. The summed E-state index contributed by atoms with van der Waals surface area (Å²) < 4.78 is 5.00. The Hall–Kier alpha value is 0.270. The molecule has 1 aromatic rings. The number of unbranched alkanes of at least 4 members (excludes halogenated alkanes) is 4. The summed E-state index contributed by atoms with van der Waals surface area (Å²) in [7, 11) is 0. The molecule has 0 fully saturated rings. The van der Waals surface area contributed by atoms with E-state index in [2.05, 4.69) is 38.8 Å². The average molecular weight is 399 g/mol. The lowest BCUT2D eigenvalue weighted by molar-refractivity contribution is 0.304. The molecule has 0 aliphatic carbocycles. The molecule has 0 aliphatic heterocycles. The van der Waals surface area contributed by atoms with Crippen LogP contribution in [0, 0.1) is 0 Å². The minimum absolute atomic E-state index is 0.682. The van der Waals surface area contributed by atoms with Crippen LogP contribution in [0.3, 0.4) is 0 Å². The topological polar surface area (TPSA) is 9.23 Å². The first kappa shape index (κ1) is 16.3. The third kappa shape index (κ3) is 6.44. The molecule has 102 valence electrons. The van der Waals surface area contributed by atoms with Crippen LogP contribution in [-0.4, -0.2) is 6.61 Å². The second kappa shape index (κ2) is 8.44. The van der Waals surface area contributed by atoms with Crippen molar-refractivity contribution < 1.29 is 4.74 Å². The van der Waals surface area contributed by atoms with E-state index >= 15 is 0 Å². The van der Waals surface area contributed by atoms with Gasteiger partial charge in [-0.25, -0.2) is 0 Å². The van der Waals surface area contributed by atoms with Gasteiger partial charge in [0.05, 0.1) is 6.61 Å². The minimum Gasteiger partial charge on any atom is -0.494 e. The lowest BCUT2D eigenvalue weighted by Gasteiger charge is -2.13. The van der Waals surface area contributed by atoms with Crippen molar-refractivity contribution in [1.82, 2.24) is 0 Å². The van der Waals surface area contributed by atoms with Crippen LogP contribution >= 0.6 is 43.5 Å². The van der Waals surface area contributed by atoms with Crippen molar-refractivity contribution >= 4 is 43.5 Å². The lowest BCUT2D eigenvalue weighted by Crippen LogP contribution is -2.00. The number of halogens is 3. The van der Waals surface area contributed by atoms with Gasteiger partial charge >= 0.3 is 0 Å². The van der Waals surface area contributed by atoms with Gasteiger partial charge in [0.2, 0.25) is 0 Å². The van der Waals surface area contributed by atoms with E-state index in [9.17, 15) is 0 Å². The molecule has 0 N–H and O–H groups in total. The molecule has 0 saturated heterocycles. The van der Waals surface area contributed by atoms with Crippen LogP contribution in [0.15, 0.2) is 24.3 Å². The smallest absolute Gasteiger partial charge is 0.178 e. The fourth-order valence-corrected chi connectivity index (χ4v) is 2.29. The molecule has 18 heavy (non-hydrogen) atoms. The first-order valence-electron chi connectivity index (χ1n) is 6.34. The molecule has 0 amide bonds. The zero-order valence-electron chi connectivity index (χ0n) is 10.6. The summed E-state index contributed by atoms with van der Waals surface area (Å²) in [6, 6.07) is 7.79. The van der Waals surface area contributed by atoms with Gasteiger partial charge in [-0.2, -0.15) is 0 Å². The second-order valence-corrected chi connectivity index (χ2v) is 9.21. The highest BCUT2D eigenvalue weighted by Crippen LogP contribution is 2.42. The molecule has 0 unspecified atom stereocenters. The monoisotopic (exact) mass is 396 g/mol. The van der Waals surface area contributed by atoms with Crippen LogP contribution in [0.1, 0.15) is 44.6 Å². The van der Waals surface area contributed by atoms with E-state index in [1.165, 1.54) is 25.7 Å². The highest BCUT2D eigenvalue weighted by atomic mass is 79.9. The first-order valence-corrected chi connectivity index (χ1v) is 8.30. The van der Waals surface area contributed by atoms with Gasteiger partial charge in [-0.15, -0.1) is 0 Å². The van der Waals surface area contributed by atoms with Gasteiger partial charge in [0.15, 0.2) is 2.69 Å². The standard InChI is InChI=1S/C14H19Br2ClO/c1-2-3-4-5-6-11-18-13-9-7-12(8-10-13)14(15,16)17/h7-10H,2-6,11H2,1H3. The number of hydrogen-bond acceptors (Lipinski definition) is 1. The summed E-state index contributed by atoms with van der Waals surface area (Å²) in [5, 5.41) is 0. The maximum atomic E-state index is 6.08. The van der Waals surface area contributed by atoms with Crippen molar-refractivity contribution in [3.63, 3.8) is 0 Å². The number of alkyl halides is 3. The molecule has 1 aromatic carbocycles. The number of ether oxygens (including phenoxy) is 1. The van der Waals surface area contributed by atoms with Crippen LogP contribution < -0.4 is 4.74 Å². The second-order valence-electron chi connectivity index (χ2n) is 4.28. The zero-order chi connectivity index (χ0) is 13.4. The lowest BCUT2D eigenvalue weighted by atomic mass is 10.2. The van der Waals surface area contributed by atoms with Crippen LogP contribution in [0.5, 0.6) is 5.75 Å². The molecule has 1 nitrogen and oxygen atoms in total. The van der Waals surface area contributed by atoms with Gasteiger partial charge < -0.3 is 4.74 Å². The SMILES string of the molecule is CCCCCCCOc1ccc(C(Cl)(Br)Br)cc1. The van der Waals surface area contributed by atoms with Gasteiger partial charge in [-0.1, -0.05) is 56.3 Å². The Morgan fingerprint density at radius 1 is 1.06 bits per heavy atom. The normalized spacial score (nSPS) is 11.6. The van der Waals surface area contributed by atoms with Crippen molar-refractivity contribution in [2.24, 2.45) is 0 Å². The van der Waals surface area contributed by atoms with Crippen molar-refractivity contribution in [2.75, 3.05) is 6.61 Å². The van der Waals surface area contributed by atoms with Crippen LogP contribution in [0.25, 0.3) is 0 Å². The highest BCUT2D eigenvalue weighted by molar-refractivity contribution is 9.25. The fraction of sp³-hybridized carbons (Fsp3) is 0.571. The van der Waals surface area contributed by atoms with Crippen molar-refractivity contribution in [2.45, 2.75) is 41.7 Å². The summed E-state index contributed by atoms with van der Waals surface area (Å²) in [6.45, 7) is 3.01. The molecule has 0 bridgehead atoms. The molecule has 0 radical (unpaired) electrons. The molecule has 1 rings (SSSR count). The minimum atomic E-state index is -0.682. The van der Waals surface area contributed by atoms with Crippen molar-refractivity contribution in [1.29, 1.82) is 0 Å². The Balaban J connectivity index is 2.27. The van der Waals surface area contributed by atoms with Crippen LogP contribution in [0.2, 0.25) is 0 Å². The zero-order valence-corrected chi connectivity index (χ0v) is 14.5. The van der Waals surface area contributed by atoms with E-state index < -0.39 is 2.69 Å². The average Bonchev–Trinajstić information content (AvgIpc) is 2.33.